The van der Waals surface area contributed by atoms with Crippen molar-refractivity contribution >= 4 is 50.7 Å². The third-order valence-electron chi connectivity index (χ3n) is 6.62. The predicted octanol–water partition coefficient (Wildman–Crippen LogP) is 6.06. The van der Waals surface area contributed by atoms with Gasteiger partial charge in [-0.25, -0.2) is 8.42 Å². The molecule has 10 heteroatoms. The Balaban J connectivity index is 2.08. The highest BCUT2D eigenvalue weighted by atomic mass is 35.5. The standard InChI is InChI=1S/C30H35Cl2N3O4S/c1-19(2)33-30(37)23(6)34(17-24-10-11-25(31)16-28(24)32)29(36)18-35(26-12-9-21(4)22(5)15-26)40(38,39)27-13-7-20(3)8-14-27/h7-16,19,23H,17-18H2,1-6H3,(H,33,37). The summed E-state index contributed by atoms with van der Waals surface area (Å²) < 4.78 is 29.0. The number of sulfonamides is 1. The highest BCUT2D eigenvalue weighted by Gasteiger charge is 2.33. The van der Waals surface area contributed by atoms with Crippen LogP contribution in [0.3, 0.4) is 0 Å². The van der Waals surface area contributed by atoms with Gasteiger partial charge in [-0.3, -0.25) is 13.9 Å². The minimum Gasteiger partial charge on any atom is -0.352 e. The van der Waals surface area contributed by atoms with Crippen LogP contribution in [0.1, 0.15) is 43.0 Å². The molecular formula is C30H35Cl2N3O4S. The molecule has 0 saturated carbocycles. The van der Waals surface area contributed by atoms with E-state index < -0.39 is 28.5 Å². The van der Waals surface area contributed by atoms with E-state index in [0.717, 1.165) is 21.0 Å². The summed E-state index contributed by atoms with van der Waals surface area (Å²) in [6.07, 6.45) is 0. The SMILES string of the molecule is Cc1ccc(S(=O)(=O)N(CC(=O)N(Cc2ccc(Cl)cc2Cl)C(C)C(=O)NC(C)C)c2ccc(C)c(C)c2)cc1. The lowest BCUT2D eigenvalue weighted by atomic mass is 10.1. The number of aryl methyl sites for hydroxylation is 3. The van der Waals surface area contributed by atoms with Crippen molar-refractivity contribution in [3.05, 3.63) is 93.0 Å². The van der Waals surface area contributed by atoms with E-state index in [4.69, 9.17) is 23.2 Å². The molecule has 0 aliphatic heterocycles. The van der Waals surface area contributed by atoms with Gasteiger partial charge in [0.1, 0.15) is 12.6 Å². The van der Waals surface area contributed by atoms with Gasteiger partial charge in [0, 0.05) is 22.6 Å². The van der Waals surface area contributed by atoms with Gasteiger partial charge in [-0.2, -0.15) is 0 Å². The molecule has 40 heavy (non-hydrogen) atoms. The number of benzene rings is 3. The summed E-state index contributed by atoms with van der Waals surface area (Å²) in [6.45, 7) is 10.4. The Morgan fingerprint density at radius 2 is 1.52 bits per heavy atom. The number of rotatable bonds is 10. The van der Waals surface area contributed by atoms with Crippen LogP contribution in [0.4, 0.5) is 5.69 Å². The topological polar surface area (TPSA) is 86.8 Å². The summed E-state index contributed by atoms with van der Waals surface area (Å²) in [7, 11) is -4.14. The first kappa shape index (κ1) is 31.5. The molecule has 3 aromatic rings. The van der Waals surface area contributed by atoms with Gasteiger partial charge >= 0.3 is 0 Å². The first-order valence-electron chi connectivity index (χ1n) is 12.9. The van der Waals surface area contributed by atoms with Crippen molar-refractivity contribution < 1.29 is 18.0 Å². The molecule has 0 aliphatic rings. The number of nitrogens with one attached hydrogen (secondary N) is 1. The smallest absolute Gasteiger partial charge is 0.264 e. The van der Waals surface area contributed by atoms with Crippen molar-refractivity contribution in [2.75, 3.05) is 10.8 Å². The second-order valence-electron chi connectivity index (χ2n) is 10.2. The van der Waals surface area contributed by atoms with Crippen LogP contribution in [0.2, 0.25) is 10.0 Å². The lowest BCUT2D eigenvalue weighted by molar-refractivity contribution is -0.139. The molecule has 7 nitrogen and oxygen atoms in total. The molecular weight excluding hydrogens is 569 g/mol. The van der Waals surface area contributed by atoms with E-state index in [1.165, 1.54) is 17.0 Å². The first-order valence-corrected chi connectivity index (χ1v) is 15.1. The fourth-order valence-corrected chi connectivity index (χ4v) is 5.94. The number of hydrogen-bond acceptors (Lipinski definition) is 4. The Morgan fingerprint density at radius 1 is 0.875 bits per heavy atom. The van der Waals surface area contributed by atoms with Crippen molar-refractivity contribution in [1.82, 2.24) is 10.2 Å². The number of halogens is 2. The summed E-state index contributed by atoms with van der Waals surface area (Å²) in [5.41, 5.74) is 3.69. The van der Waals surface area contributed by atoms with Crippen LogP contribution in [-0.4, -0.2) is 43.8 Å². The maximum atomic E-state index is 14.0. The molecule has 0 radical (unpaired) electrons. The number of hydrogen-bond donors (Lipinski definition) is 1. The van der Waals surface area contributed by atoms with Gasteiger partial charge in [-0.1, -0.05) is 53.0 Å². The zero-order chi connectivity index (χ0) is 29.8. The van der Waals surface area contributed by atoms with E-state index >= 15 is 0 Å². The number of carbonyl (C=O) groups is 2. The molecule has 0 aliphatic carbocycles. The minimum absolute atomic E-state index is 0.0210. The van der Waals surface area contributed by atoms with Crippen molar-refractivity contribution in [2.45, 2.75) is 65.1 Å². The van der Waals surface area contributed by atoms with Crippen molar-refractivity contribution in [3.8, 4) is 0 Å². The number of anilines is 1. The number of nitrogens with zero attached hydrogens (tertiary/aromatic N) is 2. The second kappa shape index (κ2) is 13.1. The quantitative estimate of drug-likeness (QED) is 0.305. The summed E-state index contributed by atoms with van der Waals surface area (Å²) >= 11 is 12.5. The zero-order valence-electron chi connectivity index (χ0n) is 23.5. The molecule has 0 spiro atoms. The summed E-state index contributed by atoms with van der Waals surface area (Å²) in [4.78, 5) is 28.4. The monoisotopic (exact) mass is 603 g/mol. The fourth-order valence-electron chi connectivity index (χ4n) is 4.07. The Kier molecular flexibility index (Phi) is 10.3. The van der Waals surface area contributed by atoms with Gasteiger partial charge in [0.15, 0.2) is 0 Å². The Labute approximate surface area is 247 Å². The van der Waals surface area contributed by atoms with E-state index in [9.17, 15) is 18.0 Å². The number of amides is 2. The second-order valence-corrected chi connectivity index (χ2v) is 12.9. The molecule has 0 heterocycles. The van der Waals surface area contributed by atoms with Crippen molar-refractivity contribution in [3.63, 3.8) is 0 Å². The molecule has 2 amide bonds. The van der Waals surface area contributed by atoms with Crippen LogP contribution in [0, 0.1) is 20.8 Å². The highest BCUT2D eigenvalue weighted by molar-refractivity contribution is 7.92. The molecule has 0 fully saturated rings. The van der Waals surface area contributed by atoms with Gasteiger partial charge in [0.25, 0.3) is 10.0 Å². The molecule has 1 N–H and O–H groups in total. The molecule has 1 atom stereocenters. The van der Waals surface area contributed by atoms with E-state index in [1.54, 1.807) is 49.4 Å². The third-order valence-corrected chi connectivity index (χ3v) is 9.00. The Hall–Kier alpha value is -3.07. The van der Waals surface area contributed by atoms with Crippen molar-refractivity contribution in [2.24, 2.45) is 0 Å². The Bertz CT molecular complexity index is 1490. The summed E-state index contributed by atoms with van der Waals surface area (Å²) in [5.74, 6) is -0.932. The van der Waals surface area contributed by atoms with E-state index in [2.05, 4.69) is 5.32 Å². The van der Waals surface area contributed by atoms with Crippen LogP contribution in [0.5, 0.6) is 0 Å². The lowest BCUT2D eigenvalue weighted by Crippen LogP contribution is -2.52. The van der Waals surface area contributed by atoms with E-state index in [-0.39, 0.29) is 23.4 Å². The summed E-state index contributed by atoms with van der Waals surface area (Å²) in [6, 6.07) is 15.5. The maximum Gasteiger partial charge on any atom is 0.264 e. The molecule has 214 valence electrons. The predicted molar refractivity (Wildman–Crippen MR) is 161 cm³/mol. The first-order chi connectivity index (χ1) is 18.7. The molecule has 3 rings (SSSR count). The lowest BCUT2D eigenvalue weighted by Gasteiger charge is -2.32. The average Bonchev–Trinajstić information content (AvgIpc) is 2.87. The fraction of sp³-hybridized carbons (Fsp3) is 0.333. The minimum atomic E-state index is -4.14. The molecule has 1 unspecified atom stereocenters. The van der Waals surface area contributed by atoms with Gasteiger partial charge in [0.2, 0.25) is 11.8 Å². The molecule has 0 aromatic heterocycles. The van der Waals surface area contributed by atoms with Crippen LogP contribution >= 0.6 is 23.2 Å². The van der Waals surface area contributed by atoms with Crippen LogP contribution in [-0.2, 0) is 26.2 Å². The molecule has 0 bridgehead atoms. The normalized spacial score (nSPS) is 12.2. The zero-order valence-corrected chi connectivity index (χ0v) is 25.9. The van der Waals surface area contributed by atoms with Gasteiger partial charge < -0.3 is 10.2 Å². The third kappa shape index (κ3) is 7.56. The number of carbonyl (C=O) groups excluding carboxylic acids is 2. The van der Waals surface area contributed by atoms with Crippen LogP contribution in [0.25, 0.3) is 0 Å². The Morgan fingerprint density at radius 3 is 2.10 bits per heavy atom. The summed E-state index contributed by atoms with van der Waals surface area (Å²) in [5, 5.41) is 3.59. The largest absolute Gasteiger partial charge is 0.352 e. The van der Waals surface area contributed by atoms with Gasteiger partial charge in [0.05, 0.1) is 10.6 Å². The molecule has 3 aromatic carbocycles. The maximum absolute atomic E-state index is 14.0. The molecule has 0 saturated heterocycles. The van der Waals surface area contributed by atoms with E-state index in [0.29, 0.717) is 21.3 Å². The van der Waals surface area contributed by atoms with Crippen LogP contribution < -0.4 is 9.62 Å². The highest BCUT2D eigenvalue weighted by Crippen LogP contribution is 2.28. The van der Waals surface area contributed by atoms with Crippen LogP contribution in [0.15, 0.2) is 65.6 Å². The van der Waals surface area contributed by atoms with Crippen molar-refractivity contribution in [1.29, 1.82) is 0 Å². The van der Waals surface area contributed by atoms with Gasteiger partial charge in [-0.15, -0.1) is 0 Å². The van der Waals surface area contributed by atoms with E-state index in [1.807, 2.05) is 40.7 Å². The average molecular weight is 605 g/mol. The van der Waals surface area contributed by atoms with Gasteiger partial charge in [-0.05, 0) is 94.6 Å².